The van der Waals surface area contributed by atoms with Gasteiger partial charge in [0.05, 0.1) is 18.2 Å². The van der Waals surface area contributed by atoms with Gasteiger partial charge in [-0.25, -0.2) is 0 Å². The van der Waals surface area contributed by atoms with E-state index in [1.54, 1.807) is 66.7 Å². The van der Waals surface area contributed by atoms with E-state index in [4.69, 9.17) is 25.8 Å². The zero-order valence-electron chi connectivity index (χ0n) is 18.9. The van der Waals surface area contributed by atoms with Crippen LogP contribution in [0.3, 0.4) is 0 Å². The number of aliphatic hydroxyl groups excluding tert-OH is 1. The van der Waals surface area contributed by atoms with Crippen LogP contribution in [0.5, 0.6) is 17.2 Å². The number of hydrogen-bond donors (Lipinski definition) is 1. The van der Waals surface area contributed by atoms with E-state index < -0.39 is 17.7 Å². The lowest BCUT2D eigenvalue weighted by Gasteiger charge is -2.25. The molecule has 1 atom stereocenters. The third kappa shape index (κ3) is 4.19. The highest BCUT2D eigenvalue weighted by molar-refractivity contribution is 6.51. The Balaban J connectivity index is 1.65. The van der Waals surface area contributed by atoms with Crippen LogP contribution in [0.2, 0.25) is 5.02 Å². The van der Waals surface area contributed by atoms with Crippen LogP contribution in [0.15, 0.2) is 72.3 Å². The van der Waals surface area contributed by atoms with Crippen LogP contribution in [0.4, 0.5) is 5.69 Å². The van der Waals surface area contributed by atoms with Gasteiger partial charge >= 0.3 is 0 Å². The first kappa shape index (κ1) is 22.8. The number of fused-ring (bicyclic) bond motifs is 1. The van der Waals surface area contributed by atoms with Gasteiger partial charge in [-0.3, -0.25) is 14.5 Å². The fraction of sp³-hybridized carbons (Fsp3) is 0.185. The molecule has 1 unspecified atom stereocenters. The van der Waals surface area contributed by atoms with Crippen molar-refractivity contribution in [3.05, 3.63) is 88.5 Å². The summed E-state index contributed by atoms with van der Waals surface area (Å²) < 4.78 is 16.5. The molecule has 2 aliphatic rings. The summed E-state index contributed by atoms with van der Waals surface area (Å²) in [6, 6.07) is 17.8. The number of aliphatic hydroxyl groups is 1. The highest BCUT2D eigenvalue weighted by Crippen LogP contribution is 2.45. The first-order chi connectivity index (χ1) is 17.0. The van der Waals surface area contributed by atoms with E-state index in [0.29, 0.717) is 45.7 Å². The number of anilines is 1. The Labute approximate surface area is 207 Å². The van der Waals surface area contributed by atoms with Gasteiger partial charge in [0.15, 0.2) is 11.5 Å². The molecule has 35 heavy (non-hydrogen) atoms. The predicted octanol–water partition coefficient (Wildman–Crippen LogP) is 5.48. The van der Waals surface area contributed by atoms with Crippen LogP contribution < -0.4 is 19.1 Å². The highest BCUT2D eigenvalue weighted by Gasteiger charge is 2.47. The monoisotopic (exact) mass is 491 g/mol. The molecule has 1 N–H and O–H groups in total. The fourth-order valence-corrected chi connectivity index (χ4v) is 4.33. The highest BCUT2D eigenvalue weighted by atomic mass is 35.5. The summed E-state index contributed by atoms with van der Waals surface area (Å²) in [6.07, 6.45) is 0.827. The zero-order chi connectivity index (χ0) is 24.5. The lowest BCUT2D eigenvalue weighted by Crippen LogP contribution is -2.29. The molecule has 0 radical (unpaired) electrons. The molecule has 2 aliphatic heterocycles. The number of benzene rings is 3. The lowest BCUT2D eigenvalue weighted by atomic mass is 9.95. The first-order valence-corrected chi connectivity index (χ1v) is 11.5. The summed E-state index contributed by atoms with van der Waals surface area (Å²) >= 11 is 6.09. The molecule has 0 aliphatic carbocycles. The molecule has 1 saturated heterocycles. The van der Waals surface area contributed by atoms with Crippen molar-refractivity contribution >= 4 is 34.7 Å². The van der Waals surface area contributed by atoms with Crippen LogP contribution in [-0.2, 0) is 9.59 Å². The molecular weight excluding hydrogens is 470 g/mol. The maximum Gasteiger partial charge on any atom is 0.300 e. The van der Waals surface area contributed by atoms with E-state index in [-0.39, 0.29) is 18.1 Å². The number of Topliss-reactive ketones (excluding diaryl/α,β-unsaturated/α-hetero) is 1. The molecule has 2 heterocycles. The van der Waals surface area contributed by atoms with Gasteiger partial charge in [-0.05, 0) is 48.4 Å². The summed E-state index contributed by atoms with van der Waals surface area (Å²) in [4.78, 5) is 28.0. The molecule has 1 amide bonds. The molecule has 3 aromatic carbocycles. The number of rotatable bonds is 6. The third-order valence-electron chi connectivity index (χ3n) is 5.84. The number of carbonyl (C=O) groups excluding carboxylic acids is 2. The van der Waals surface area contributed by atoms with Crippen LogP contribution in [-0.4, -0.2) is 30.2 Å². The quantitative estimate of drug-likeness (QED) is 0.279. The van der Waals surface area contributed by atoms with E-state index in [9.17, 15) is 14.7 Å². The summed E-state index contributed by atoms with van der Waals surface area (Å²) in [5, 5.41) is 11.8. The number of ketones is 1. The first-order valence-electron chi connectivity index (χ1n) is 11.2. The van der Waals surface area contributed by atoms with Gasteiger partial charge in [0.2, 0.25) is 6.79 Å². The molecule has 7 nitrogen and oxygen atoms in total. The Hall–Kier alpha value is -3.97. The molecule has 5 rings (SSSR count). The SMILES string of the molecule is CCCOc1cccc(/C(O)=C2\C(=O)C(=O)N(c3ccc4c(c3)OCO4)C2c2ccc(Cl)cc2)c1. The Morgan fingerprint density at radius 3 is 2.60 bits per heavy atom. The van der Waals surface area contributed by atoms with Gasteiger partial charge in [0.1, 0.15) is 11.5 Å². The van der Waals surface area contributed by atoms with Crippen LogP contribution in [0, 0.1) is 0 Å². The molecule has 0 saturated carbocycles. The normalized spacial score (nSPS) is 18.2. The second-order valence-electron chi connectivity index (χ2n) is 8.13. The third-order valence-corrected chi connectivity index (χ3v) is 6.10. The largest absolute Gasteiger partial charge is 0.507 e. The van der Waals surface area contributed by atoms with E-state index in [0.717, 1.165) is 6.42 Å². The zero-order valence-corrected chi connectivity index (χ0v) is 19.6. The second kappa shape index (κ2) is 9.35. The smallest absolute Gasteiger partial charge is 0.300 e. The Kier molecular flexibility index (Phi) is 6.09. The minimum atomic E-state index is -0.882. The van der Waals surface area contributed by atoms with E-state index in [1.165, 1.54) is 4.90 Å². The van der Waals surface area contributed by atoms with Crippen LogP contribution >= 0.6 is 11.6 Å². The summed E-state index contributed by atoms with van der Waals surface area (Å²) in [7, 11) is 0. The van der Waals surface area contributed by atoms with Crippen molar-refractivity contribution < 1.29 is 28.9 Å². The number of amides is 1. The lowest BCUT2D eigenvalue weighted by molar-refractivity contribution is -0.132. The van der Waals surface area contributed by atoms with Crippen molar-refractivity contribution in [2.24, 2.45) is 0 Å². The topological polar surface area (TPSA) is 85.3 Å². The summed E-state index contributed by atoms with van der Waals surface area (Å²) in [5.41, 5.74) is 1.41. The molecule has 1 fully saturated rings. The Bertz CT molecular complexity index is 1330. The van der Waals surface area contributed by atoms with E-state index in [1.807, 2.05) is 6.92 Å². The minimum absolute atomic E-state index is 0.0253. The van der Waals surface area contributed by atoms with Gasteiger partial charge in [0.25, 0.3) is 11.7 Å². The number of halogens is 1. The number of carbonyl (C=O) groups is 2. The van der Waals surface area contributed by atoms with Crippen molar-refractivity contribution in [1.82, 2.24) is 0 Å². The van der Waals surface area contributed by atoms with Crippen LogP contribution in [0.1, 0.15) is 30.5 Å². The van der Waals surface area contributed by atoms with Crippen molar-refractivity contribution in [3.63, 3.8) is 0 Å². The molecule has 178 valence electrons. The average Bonchev–Trinajstić information content (AvgIpc) is 3.45. The predicted molar refractivity (Wildman–Crippen MR) is 131 cm³/mol. The summed E-state index contributed by atoms with van der Waals surface area (Å²) in [6.45, 7) is 2.59. The van der Waals surface area contributed by atoms with Crippen molar-refractivity contribution in [2.45, 2.75) is 19.4 Å². The molecule has 0 bridgehead atoms. The van der Waals surface area contributed by atoms with Gasteiger partial charge in [0, 0.05) is 22.3 Å². The fourth-order valence-electron chi connectivity index (χ4n) is 4.20. The van der Waals surface area contributed by atoms with Crippen molar-refractivity contribution in [2.75, 3.05) is 18.3 Å². The molecular formula is C27H22ClNO6. The second-order valence-corrected chi connectivity index (χ2v) is 8.57. The molecule has 0 spiro atoms. The maximum absolute atomic E-state index is 13.3. The number of nitrogens with zero attached hydrogens (tertiary/aromatic N) is 1. The van der Waals surface area contributed by atoms with Gasteiger partial charge < -0.3 is 19.3 Å². The molecule has 3 aromatic rings. The maximum atomic E-state index is 13.3. The standard InChI is InChI=1S/C27H22ClNO6/c1-2-12-33-20-5-3-4-17(13-20)25(30)23-24(16-6-8-18(28)9-7-16)29(27(32)26(23)31)19-10-11-21-22(14-19)35-15-34-21/h3-11,13-14,24,30H,2,12,15H2,1H3/b25-23+. The molecule has 0 aromatic heterocycles. The van der Waals surface area contributed by atoms with Crippen molar-refractivity contribution in [3.8, 4) is 17.2 Å². The van der Waals surface area contributed by atoms with Gasteiger partial charge in [-0.15, -0.1) is 0 Å². The number of ether oxygens (including phenoxy) is 3. The van der Waals surface area contributed by atoms with Gasteiger partial charge in [-0.2, -0.15) is 0 Å². The molecule has 8 heteroatoms. The van der Waals surface area contributed by atoms with Crippen LogP contribution in [0.25, 0.3) is 5.76 Å². The van der Waals surface area contributed by atoms with Gasteiger partial charge in [-0.1, -0.05) is 42.8 Å². The average molecular weight is 492 g/mol. The minimum Gasteiger partial charge on any atom is -0.507 e. The summed E-state index contributed by atoms with van der Waals surface area (Å²) in [5.74, 6) is -0.251. The Morgan fingerprint density at radius 2 is 1.83 bits per heavy atom. The van der Waals surface area contributed by atoms with Crippen molar-refractivity contribution in [1.29, 1.82) is 0 Å². The van der Waals surface area contributed by atoms with E-state index in [2.05, 4.69) is 0 Å². The number of hydrogen-bond acceptors (Lipinski definition) is 6. The Morgan fingerprint density at radius 1 is 1.06 bits per heavy atom. The van der Waals surface area contributed by atoms with E-state index >= 15 is 0 Å².